The molecule has 3 N–H and O–H groups in total. The van der Waals surface area contributed by atoms with Crippen molar-refractivity contribution in [1.29, 1.82) is 0 Å². The zero-order valence-electron chi connectivity index (χ0n) is 18.1. The van der Waals surface area contributed by atoms with Gasteiger partial charge in [0.1, 0.15) is 0 Å². The summed E-state index contributed by atoms with van der Waals surface area (Å²) in [5, 5.41) is 18.4. The molecule has 35 heavy (non-hydrogen) atoms. The molecule has 1 saturated heterocycles. The van der Waals surface area contributed by atoms with Gasteiger partial charge in [0.2, 0.25) is 17.6 Å². The molecule has 0 aromatic heterocycles. The van der Waals surface area contributed by atoms with Crippen LogP contribution < -0.4 is 5.43 Å². The van der Waals surface area contributed by atoms with Gasteiger partial charge in [0.15, 0.2) is 11.7 Å². The molecular weight excluding hydrogens is 482 g/mol. The fourth-order valence-electron chi connectivity index (χ4n) is 4.62. The van der Waals surface area contributed by atoms with Crippen LogP contribution in [0.15, 0.2) is 35.5 Å². The summed E-state index contributed by atoms with van der Waals surface area (Å²) < 4.78 is -1.33. The highest BCUT2D eigenvalue weighted by atomic mass is 32.2. The van der Waals surface area contributed by atoms with Gasteiger partial charge in [0.25, 0.3) is 5.91 Å². The average Bonchev–Trinajstić information content (AvgIpc) is 2.88. The number of carboxylic acid groups (broad SMARTS) is 2. The minimum atomic E-state index is -1.62. The van der Waals surface area contributed by atoms with Gasteiger partial charge in [-0.3, -0.25) is 24.6 Å². The number of hydrogen-bond donors (Lipinski definition) is 3. The normalized spacial score (nSPS) is 25.3. The maximum atomic E-state index is 13.8. The highest BCUT2D eigenvalue weighted by Gasteiger charge is 2.77. The van der Waals surface area contributed by atoms with E-state index in [2.05, 4.69) is 5.43 Å². The van der Waals surface area contributed by atoms with E-state index in [4.69, 9.17) is 5.11 Å². The van der Waals surface area contributed by atoms with Crippen LogP contribution in [0.2, 0.25) is 0 Å². The maximum Gasteiger partial charge on any atom is 0.392 e. The van der Waals surface area contributed by atoms with Crippen molar-refractivity contribution in [3.63, 3.8) is 0 Å². The number of unbranched alkanes of at least 4 members (excludes halogenated alkanes) is 1. The summed E-state index contributed by atoms with van der Waals surface area (Å²) in [4.78, 5) is 88.3. The van der Waals surface area contributed by atoms with Crippen molar-refractivity contribution in [3.8, 4) is 0 Å². The van der Waals surface area contributed by atoms with E-state index in [9.17, 15) is 38.7 Å². The molecule has 13 heteroatoms. The van der Waals surface area contributed by atoms with Gasteiger partial charge in [-0.15, -0.1) is 4.48 Å². The number of quaternary nitrogens is 1. The second-order valence-electron chi connectivity index (χ2n) is 8.16. The number of imide groups is 1. The number of nitrogens with zero attached hydrogens (tertiary/aromatic N) is 2. The first-order valence-electron chi connectivity index (χ1n) is 10.6. The van der Waals surface area contributed by atoms with Crippen molar-refractivity contribution in [2.24, 2.45) is 0 Å². The highest BCUT2D eigenvalue weighted by Crippen LogP contribution is 2.51. The van der Waals surface area contributed by atoms with Crippen LogP contribution >= 0.6 is 11.8 Å². The largest absolute Gasteiger partial charge is 0.481 e. The van der Waals surface area contributed by atoms with Crippen LogP contribution in [-0.2, 0) is 24.0 Å². The molecule has 4 heterocycles. The van der Waals surface area contributed by atoms with E-state index in [0.717, 1.165) is 16.8 Å². The van der Waals surface area contributed by atoms with Crippen LogP contribution in [0.4, 0.5) is 0 Å². The third-order valence-electron chi connectivity index (χ3n) is 6.19. The molecule has 4 aliphatic rings. The molecular formula is C22H20N3O9S+. The van der Waals surface area contributed by atoms with Gasteiger partial charge in [0, 0.05) is 18.6 Å². The van der Waals surface area contributed by atoms with Gasteiger partial charge in [-0.05, 0) is 25.0 Å². The zero-order chi connectivity index (χ0) is 25.5. The molecule has 2 bridgehead atoms. The lowest BCUT2D eigenvalue weighted by molar-refractivity contribution is -0.777. The predicted octanol–water partition coefficient (Wildman–Crippen LogP) is 0.295. The van der Waals surface area contributed by atoms with Crippen molar-refractivity contribution >= 4 is 53.6 Å². The Morgan fingerprint density at radius 2 is 1.74 bits per heavy atom. The minimum absolute atomic E-state index is 0.108. The Balaban J connectivity index is 1.84. The molecule has 0 saturated carbocycles. The summed E-state index contributed by atoms with van der Waals surface area (Å²) in [7, 11) is 0. The average molecular weight is 502 g/mol. The van der Waals surface area contributed by atoms with E-state index >= 15 is 0 Å². The Hall–Kier alpha value is -3.84. The third-order valence-corrected chi connectivity index (χ3v) is 7.58. The van der Waals surface area contributed by atoms with E-state index in [0.29, 0.717) is 6.29 Å². The summed E-state index contributed by atoms with van der Waals surface area (Å²) in [6, 6.07) is 4.14. The Bertz CT molecular complexity index is 1230. The monoisotopic (exact) mass is 502 g/mol. The van der Waals surface area contributed by atoms with E-state index in [-0.39, 0.29) is 48.1 Å². The second-order valence-corrected chi connectivity index (χ2v) is 9.27. The zero-order valence-corrected chi connectivity index (χ0v) is 18.9. The molecule has 1 spiro atoms. The van der Waals surface area contributed by atoms with Crippen LogP contribution in [0.1, 0.15) is 46.4 Å². The number of hydrazine groups is 1. The SMILES string of the molecule is O=CC1=C(C(=O)O)[N+]23C(=O)c4ccccc4C(=O)NN(C(=O)CCCCC(=O)O)C(C2=O)[C@@H]3SC1. The number of carbonyl (C=O) groups is 7. The molecule has 4 aliphatic heterocycles. The Labute approximate surface area is 202 Å². The number of carboxylic acids is 2. The number of hydrogen-bond acceptors (Lipinski definition) is 8. The lowest BCUT2D eigenvalue weighted by Crippen LogP contribution is -2.84. The predicted molar refractivity (Wildman–Crippen MR) is 117 cm³/mol. The van der Waals surface area contributed by atoms with Crippen LogP contribution in [0.25, 0.3) is 0 Å². The lowest BCUT2D eigenvalue weighted by Gasteiger charge is -2.53. The smallest absolute Gasteiger partial charge is 0.392 e. The first-order valence-corrected chi connectivity index (χ1v) is 11.7. The molecule has 1 aromatic carbocycles. The second kappa shape index (κ2) is 9.07. The summed E-state index contributed by atoms with van der Waals surface area (Å²) in [5.41, 5.74) is 1.10. The number of β-lactam (4-membered cyclic amide) rings is 1. The number of benzene rings is 1. The first-order chi connectivity index (χ1) is 16.7. The molecule has 4 amide bonds. The quantitative estimate of drug-likeness (QED) is 0.155. The van der Waals surface area contributed by atoms with Gasteiger partial charge in [0.05, 0.1) is 16.7 Å². The van der Waals surface area contributed by atoms with Crippen LogP contribution in [-0.4, -0.2) is 78.7 Å². The first kappa shape index (κ1) is 24.3. The Morgan fingerprint density at radius 3 is 2.37 bits per heavy atom. The number of nitrogens with one attached hydrogen (secondary N) is 1. The number of amides is 4. The Morgan fingerprint density at radius 1 is 1.09 bits per heavy atom. The van der Waals surface area contributed by atoms with Gasteiger partial charge in [-0.25, -0.2) is 19.4 Å². The maximum absolute atomic E-state index is 13.8. The van der Waals surface area contributed by atoms with Crippen molar-refractivity contribution in [1.82, 2.24) is 10.4 Å². The molecule has 0 radical (unpaired) electrons. The molecule has 5 rings (SSSR count). The topological polar surface area (TPSA) is 175 Å². The van der Waals surface area contributed by atoms with Gasteiger partial charge in [-0.2, -0.15) is 0 Å². The van der Waals surface area contributed by atoms with E-state index in [1.165, 1.54) is 24.3 Å². The van der Waals surface area contributed by atoms with Crippen LogP contribution in [0.3, 0.4) is 0 Å². The molecule has 0 aliphatic carbocycles. The summed E-state index contributed by atoms with van der Waals surface area (Å²) in [5.74, 6) is -6.22. The third kappa shape index (κ3) is 3.63. The number of aliphatic carboxylic acids is 2. The minimum Gasteiger partial charge on any atom is -0.481 e. The summed E-state index contributed by atoms with van der Waals surface area (Å²) >= 11 is 0.973. The molecule has 1 fully saturated rings. The Kier molecular flexibility index (Phi) is 6.30. The summed E-state index contributed by atoms with van der Waals surface area (Å²) in [6.45, 7) is 0. The van der Waals surface area contributed by atoms with Crippen LogP contribution in [0.5, 0.6) is 0 Å². The molecule has 2 unspecified atom stereocenters. The summed E-state index contributed by atoms with van der Waals surface area (Å²) in [6.07, 6.45) is 0.298. The van der Waals surface area contributed by atoms with Gasteiger partial charge in [-0.1, -0.05) is 23.9 Å². The molecule has 3 atom stereocenters. The number of rotatable bonds is 7. The van der Waals surface area contributed by atoms with Gasteiger partial charge >= 0.3 is 23.8 Å². The van der Waals surface area contributed by atoms with E-state index < -0.39 is 57.2 Å². The molecule has 1 aromatic rings. The van der Waals surface area contributed by atoms with E-state index in [1.807, 2.05) is 0 Å². The number of aldehydes is 1. The highest BCUT2D eigenvalue weighted by molar-refractivity contribution is 8.00. The van der Waals surface area contributed by atoms with Crippen molar-refractivity contribution < 1.29 is 48.3 Å². The number of fused-ring (bicyclic) bond motifs is 2. The van der Waals surface area contributed by atoms with Crippen molar-refractivity contribution in [3.05, 3.63) is 46.7 Å². The van der Waals surface area contributed by atoms with Crippen molar-refractivity contribution in [2.75, 3.05) is 5.75 Å². The molecule has 12 nitrogen and oxygen atoms in total. The van der Waals surface area contributed by atoms with Gasteiger partial charge < -0.3 is 10.2 Å². The molecule has 182 valence electrons. The standard InChI is InChI=1S/C22H19N3O9S/c26-9-11-10-35-21-16-20(32)25(21,17(11)22(33)34)19(31)13-6-2-1-5-12(13)18(30)23-24(16)14(27)7-3-4-8-15(28)29/h1-2,5-6,9,16,21H,3-4,7-8,10H2,(H2-,23,28,29,30,33,34)/p+1/t16?,21-,25?/m0/s1. The fourth-order valence-corrected chi connectivity index (χ4v) is 6.12. The lowest BCUT2D eigenvalue weighted by atomic mass is 9.92. The fraction of sp³-hybridized carbons (Fsp3) is 0.318. The van der Waals surface area contributed by atoms with Crippen molar-refractivity contribution in [2.45, 2.75) is 37.1 Å². The van der Waals surface area contributed by atoms with E-state index in [1.54, 1.807) is 0 Å². The number of carbonyl (C=O) groups excluding carboxylic acids is 5. The van der Waals surface area contributed by atoms with Crippen LogP contribution in [0, 0.1) is 0 Å². The number of thioether (sulfide) groups is 1.